The normalized spacial score (nSPS) is 11.0. The average Bonchev–Trinajstić information content (AvgIpc) is 2.80. The number of aryl methyl sites for hydroxylation is 2. The molecule has 4 nitrogen and oxygen atoms in total. The highest BCUT2D eigenvalue weighted by molar-refractivity contribution is 6.01. The zero-order valence-corrected chi connectivity index (χ0v) is 10.4. The fourth-order valence-electron chi connectivity index (χ4n) is 2.17. The Hall–Kier alpha value is -2.36. The topological polar surface area (TPSA) is 56.7 Å². The summed E-state index contributed by atoms with van der Waals surface area (Å²) in [4.78, 5) is 4.61. The van der Waals surface area contributed by atoms with Crippen LogP contribution < -0.4 is 5.73 Å². The molecule has 2 heterocycles. The molecule has 2 N–H and O–H groups in total. The number of hydrogen-bond acceptors (Lipinski definition) is 3. The monoisotopic (exact) mass is 238 g/mol. The first-order valence-electron chi connectivity index (χ1n) is 5.80. The van der Waals surface area contributed by atoms with E-state index in [1.165, 1.54) is 0 Å². The van der Waals surface area contributed by atoms with Gasteiger partial charge < -0.3 is 5.73 Å². The summed E-state index contributed by atoms with van der Waals surface area (Å²) in [5.41, 5.74) is 9.64. The van der Waals surface area contributed by atoms with Crippen molar-refractivity contribution in [2.24, 2.45) is 7.05 Å². The molecule has 0 aliphatic rings. The summed E-state index contributed by atoms with van der Waals surface area (Å²) in [6.07, 6.45) is 3.79. The number of rotatable bonds is 1. The lowest BCUT2D eigenvalue weighted by molar-refractivity contribution is 0.768. The summed E-state index contributed by atoms with van der Waals surface area (Å²) in [7, 11) is 1.90. The largest absolute Gasteiger partial charge is 0.397 e. The minimum absolute atomic E-state index is 0.748. The van der Waals surface area contributed by atoms with Gasteiger partial charge in [-0.15, -0.1) is 0 Å². The second kappa shape index (κ2) is 3.84. The van der Waals surface area contributed by atoms with E-state index in [2.05, 4.69) is 10.1 Å². The molecular formula is C14H14N4. The number of nitrogen functional groups attached to an aromatic ring is 1. The molecule has 0 spiro atoms. The van der Waals surface area contributed by atoms with Gasteiger partial charge in [0.2, 0.25) is 0 Å². The van der Waals surface area contributed by atoms with E-state index < -0.39 is 0 Å². The standard InChI is InChI=1S/C14H14N4/c1-9-13(15)11-5-3-4-6-12(11)14(17-9)10-7-16-18(2)8-10/h3-8H,15H2,1-2H3. The second-order valence-corrected chi connectivity index (χ2v) is 4.41. The Bertz CT molecular complexity index is 728. The smallest absolute Gasteiger partial charge is 0.0816 e. The third kappa shape index (κ3) is 1.54. The SMILES string of the molecule is Cc1nc(-c2cnn(C)c2)c2ccccc2c1N. The van der Waals surface area contributed by atoms with Gasteiger partial charge in [0, 0.05) is 29.6 Å². The zero-order chi connectivity index (χ0) is 12.7. The third-order valence-corrected chi connectivity index (χ3v) is 3.12. The zero-order valence-electron chi connectivity index (χ0n) is 10.4. The van der Waals surface area contributed by atoms with Crippen molar-refractivity contribution in [1.29, 1.82) is 0 Å². The lowest BCUT2D eigenvalue weighted by Gasteiger charge is -2.09. The van der Waals surface area contributed by atoms with Crippen molar-refractivity contribution in [2.45, 2.75) is 6.92 Å². The Balaban J connectivity index is 2.39. The molecule has 0 aliphatic heterocycles. The molecule has 0 atom stereocenters. The van der Waals surface area contributed by atoms with E-state index in [9.17, 15) is 0 Å². The first-order valence-corrected chi connectivity index (χ1v) is 5.80. The molecule has 3 rings (SSSR count). The molecule has 3 aromatic rings. The maximum absolute atomic E-state index is 6.09. The van der Waals surface area contributed by atoms with E-state index in [1.807, 2.05) is 50.6 Å². The highest BCUT2D eigenvalue weighted by Crippen LogP contribution is 2.31. The highest BCUT2D eigenvalue weighted by atomic mass is 15.2. The van der Waals surface area contributed by atoms with Gasteiger partial charge in [-0.1, -0.05) is 24.3 Å². The fourth-order valence-corrected chi connectivity index (χ4v) is 2.17. The number of fused-ring (bicyclic) bond motifs is 1. The lowest BCUT2D eigenvalue weighted by Crippen LogP contribution is -1.97. The first-order chi connectivity index (χ1) is 8.66. The van der Waals surface area contributed by atoms with Crippen LogP contribution in [0.5, 0.6) is 0 Å². The minimum atomic E-state index is 0.748. The van der Waals surface area contributed by atoms with Crippen molar-refractivity contribution in [1.82, 2.24) is 14.8 Å². The van der Waals surface area contributed by atoms with Crippen LogP contribution in [0.3, 0.4) is 0 Å². The van der Waals surface area contributed by atoms with E-state index in [4.69, 9.17) is 5.73 Å². The number of nitrogens with zero attached hydrogens (tertiary/aromatic N) is 3. The van der Waals surface area contributed by atoms with E-state index in [0.717, 1.165) is 33.4 Å². The van der Waals surface area contributed by atoms with Crippen molar-refractivity contribution in [3.8, 4) is 11.3 Å². The molecule has 0 amide bonds. The molecule has 4 heteroatoms. The van der Waals surface area contributed by atoms with Crippen LogP contribution in [0.25, 0.3) is 22.0 Å². The van der Waals surface area contributed by atoms with E-state index >= 15 is 0 Å². The van der Waals surface area contributed by atoms with Crippen LogP contribution in [0.15, 0.2) is 36.7 Å². The van der Waals surface area contributed by atoms with Gasteiger partial charge in [-0.25, -0.2) is 0 Å². The molecule has 0 saturated carbocycles. The van der Waals surface area contributed by atoms with Crippen molar-refractivity contribution in [3.63, 3.8) is 0 Å². The van der Waals surface area contributed by atoms with Crippen LogP contribution in [0.4, 0.5) is 5.69 Å². The van der Waals surface area contributed by atoms with Crippen molar-refractivity contribution in [3.05, 3.63) is 42.4 Å². The summed E-state index contributed by atoms with van der Waals surface area (Å²) in [6.45, 7) is 1.93. The molecule has 18 heavy (non-hydrogen) atoms. The van der Waals surface area contributed by atoms with Gasteiger partial charge in [0.25, 0.3) is 0 Å². The Kier molecular flexibility index (Phi) is 2.30. The number of benzene rings is 1. The Morgan fingerprint density at radius 2 is 1.89 bits per heavy atom. The van der Waals surface area contributed by atoms with Crippen molar-refractivity contribution < 1.29 is 0 Å². The van der Waals surface area contributed by atoms with Crippen LogP contribution >= 0.6 is 0 Å². The van der Waals surface area contributed by atoms with E-state index in [0.29, 0.717) is 0 Å². The molecule has 0 aliphatic carbocycles. The number of anilines is 1. The molecule has 0 radical (unpaired) electrons. The van der Waals surface area contributed by atoms with Crippen LogP contribution in [0, 0.1) is 6.92 Å². The molecule has 2 aromatic heterocycles. The Morgan fingerprint density at radius 1 is 1.17 bits per heavy atom. The molecule has 0 unspecified atom stereocenters. The summed E-state index contributed by atoms with van der Waals surface area (Å²) < 4.78 is 1.78. The van der Waals surface area contributed by atoms with Gasteiger partial charge in [0.05, 0.1) is 23.3 Å². The lowest BCUT2D eigenvalue weighted by atomic mass is 10.0. The van der Waals surface area contributed by atoms with Crippen LogP contribution in [-0.4, -0.2) is 14.8 Å². The van der Waals surface area contributed by atoms with Crippen LogP contribution in [-0.2, 0) is 7.05 Å². The number of hydrogen-bond donors (Lipinski definition) is 1. The summed E-state index contributed by atoms with van der Waals surface area (Å²) in [5.74, 6) is 0. The van der Waals surface area contributed by atoms with Crippen molar-refractivity contribution >= 4 is 16.5 Å². The van der Waals surface area contributed by atoms with Gasteiger partial charge in [-0.3, -0.25) is 9.67 Å². The van der Waals surface area contributed by atoms with Gasteiger partial charge in [-0.2, -0.15) is 5.10 Å². The third-order valence-electron chi connectivity index (χ3n) is 3.12. The molecule has 90 valence electrons. The van der Waals surface area contributed by atoms with Gasteiger partial charge in [0.15, 0.2) is 0 Å². The molecule has 0 bridgehead atoms. The van der Waals surface area contributed by atoms with Crippen LogP contribution in [0.1, 0.15) is 5.69 Å². The summed E-state index contributed by atoms with van der Waals surface area (Å²) in [6, 6.07) is 8.06. The first kappa shape index (κ1) is 10.8. The second-order valence-electron chi connectivity index (χ2n) is 4.41. The maximum Gasteiger partial charge on any atom is 0.0816 e. The van der Waals surface area contributed by atoms with Gasteiger partial charge in [0.1, 0.15) is 0 Å². The van der Waals surface area contributed by atoms with E-state index in [1.54, 1.807) is 4.68 Å². The van der Waals surface area contributed by atoms with E-state index in [-0.39, 0.29) is 0 Å². The van der Waals surface area contributed by atoms with Gasteiger partial charge in [-0.05, 0) is 6.92 Å². The Labute approximate surface area is 105 Å². The average molecular weight is 238 g/mol. The molecular weight excluding hydrogens is 224 g/mol. The van der Waals surface area contributed by atoms with Crippen molar-refractivity contribution in [2.75, 3.05) is 5.73 Å². The number of nitrogens with two attached hydrogens (primary N) is 1. The van der Waals surface area contributed by atoms with Gasteiger partial charge >= 0.3 is 0 Å². The summed E-state index contributed by atoms with van der Waals surface area (Å²) in [5, 5.41) is 6.31. The molecule has 1 aromatic carbocycles. The minimum Gasteiger partial charge on any atom is -0.397 e. The predicted molar refractivity (Wildman–Crippen MR) is 73.1 cm³/mol. The predicted octanol–water partition coefficient (Wildman–Crippen LogP) is 2.53. The number of pyridine rings is 1. The maximum atomic E-state index is 6.09. The fraction of sp³-hybridized carbons (Fsp3) is 0.143. The molecule has 0 fully saturated rings. The summed E-state index contributed by atoms with van der Waals surface area (Å²) >= 11 is 0. The molecule has 0 saturated heterocycles. The number of aromatic nitrogens is 3. The van der Waals surface area contributed by atoms with Crippen LogP contribution in [0.2, 0.25) is 0 Å². The Morgan fingerprint density at radius 3 is 2.56 bits per heavy atom. The highest BCUT2D eigenvalue weighted by Gasteiger charge is 2.11. The quantitative estimate of drug-likeness (QED) is 0.708.